The first-order chi connectivity index (χ1) is 4.72. The second kappa shape index (κ2) is 4.55. The lowest BCUT2D eigenvalue weighted by molar-refractivity contribution is -0.128. The van der Waals surface area contributed by atoms with Crippen molar-refractivity contribution in [1.29, 1.82) is 0 Å². The molecule has 0 aromatic carbocycles. The Kier molecular flexibility index (Phi) is 3.95. The van der Waals surface area contributed by atoms with Gasteiger partial charge in [0.25, 0.3) is 6.47 Å². The monoisotopic (exact) mass is 143 g/mol. The summed E-state index contributed by atoms with van der Waals surface area (Å²) in [7, 11) is 1.48. The fourth-order valence-corrected chi connectivity index (χ4v) is 0.377. The van der Waals surface area contributed by atoms with E-state index in [1.165, 1.54) is 7.05 Å². The summed E-state index contributed by atoms with van der Waals surface area (Å²) in [4.78, 5) is 20.2. The third kappa shape index (κ3) is 2.86. The molecular formula is C6H9NO3. The Bertz CT molecular complexity index is 153. The second-order valence-corrected chi connectivity index (χ2v) is 1.59. The van der Waals surface area contributed by atoms with Crippen molar-refractivity contribution in [3.8, 4) is 0 Å². The van der Waals surface area contributed by atoms with E-state index in [1.807, 2.05) is 0 Å². The normalized spacial score (nSPS) is 8.10. The van der Waals surface area contributed by atoms with Gasteiger partial charge in [0, 0.05) is 12.6 Å². The van der Waals surface area contributed by atoms with Crippen molar-refractivity contribution in [2.75, 3.05) is 13.7 Å². The van der Waals surface area contributed by atoms with Crippen LogP contribution in [-0.2, 0) is 14.3 Å². The van der Waals surface area contributed by atoms with Gasteiger partial charge in [-0.25, -0.2) is 0 Å². The molecule has 0 aliphatic carbocycles. The number of ether oxygens (including phenoxy) is 1. The van der Waals surface area contributed by atoms with E-state index in [9.17, 15) is 9.59 Å². The van der Waals surface area contributed by atoms with E-state index in [-0.39, 0.29) is 24.6 Å². The Morgan fingerprint density at radius 1 is 1.80 bits per heavy atom. The highest BCUT2D eigenvalue weighted by Gasteiger charge is 2.02. The largest absolute Gasteiger partial charge is 0.463 e. The molecule has 0 fully saturated rings. The summed E-state index contributed by atoms with van der Waals surface area (Å²) >= 11 is 0. The minimum atomic E-state index is -0.318. The van der Waals surface area contributed by atoms with Crippen molar-refractivity contribution >= 4 is 12.4 Å². The molecule has 0 saturated carbocycles. The van der Waals surface area contributed by atoms with Crippen molar-refractivity contribution in [2.24, 2.45) is 0 Å². The third-order valence-corrected chi connectivity index (χ3v) is 0.874. The summed E-state index contributed by atoms with van der Waals surface area (Å²) in [5.41, 5.74) is 0.231. The van der Waals surface area contributed by atoms with Crippen LogP contribution in [-0.4, -0.2) is 26.0 Å². The number of carbonyl (C=O) groups excluding carboxylic acids is 2. The first kappa shape index (κ1) is 8.68. The van der Waals surface area contributed by atoms with Gasteiger partial charge >= 0.3 is 0 Å². The highest BCUT2D eigenvalue weighted by atomic mass is 16.5. The Morgan fingerprint density at radius 2 is 2.40 bits per heavy atom. The summed E-state index contributed by atoms with van der Waals surface area (Å²) in [5, 5.41) is 2.34. The van der Waals surface area contributed by atoms with Crippen molar-refractivity contribution in [1.82, 2.24) is 5.32 Å². The predicted molar refractivity (Wildman–Crippen MR) is 35.2 cm³/mol. The van der Waals surface area contributed by atoms with Crippen LogP contribution in [0.5, 0.6) is 0 Å². The maximum atomic E-state index is 10.6. The lowest BCUT2D eigenvalue weighted by Crippen LogP contribution is -2.21. The van der Waals surface area contributed by atoms with Gasteiger partial charge in [0.1, 0.15) is 6.61 Å². The van der Waals surface area contributed by atoms with Crippen molar-refractivity contribution in [3.05, 3.63) is 12.2 Å². The maximum absolute atomic E-state index is 10.6. The second-order valence-electron chi connectivity index (χ2n) is 1.59. The van der Waals surface area contributed by atoms with Gasteiger partial charge in [-0.05, 0) is 0 Å². The molecule has 10 heavy (non-hydrogen) atoms. The quantitative estimate of drug-likeness (QED) is 0.425. The van der Waals surface area contributed by atoms with Crippen LogP contribution in [0.1, 0.15) is 0 Å². The molecule has 0 aromatic heterocycles. The summed E-state index contributed by atoms with van der Waals surface area (Å²) in [6.45, 7) is 3.59. The van der Waals surface area contributed by atoms with Gasteiger partial charge in [-0.2, -0.15) is 0 Å². The van der Waals surface area contributed by atoms with Gasteiger partial charge in [0.15, 0.2) is 0 Å². The highest BCUT2D eigenvalue weighted by molar-refractivity contribution is 5.92. The zero-order valence-electron chi connectivity index (χ0n) is 5.72. The molecule has 0 rings (SSSR count). The number of hydrogen-bond acceptors (Lipinski definition) is 3. The zero-order chi connectivity index (χ0) is 7.98. The molecule has 4 nitrogen and oxygen atoms in total. The van der Waals surface area contributed by atoms with Gasteiger partial charge in [-0.3, -0.25) is 9.59 Å². The van der Waals surface area contributed by atoms with E-state index >= 15 is 0 Å². The molecule has 0 atom stereocenters. The molecule has 0 aliphatic heterocycles. The molecule has 56 valence electrons. The van der Waals surface area contributed by atoms with Crippen LogP contribution in [0, 0.1) is 0 Å². The maximum Gasteiger partial charge on any atom is 0.293 e. The highest BCUT2D eigenvalue weighted by Crippen LogP contribution is 1.88. The Hall–Kier alpha value is -1.32. The minimum absolute atomic E-state index is 0.0524. The molecule has 0 heterocycles. The van der Waals surface area contributed by atoms with E-state index in [4.69, 9.17) is 0 Å². The Balaban J connectivity index is 3.62. The van der Waals surface area contributed by atoms with Gasteiger partial charge in [0.2, 0.25) is 5.91 Å². The molecule has 0 saturated heterocycles. The molecule has 0 aromatic rings. The molecule has 1 N–H and O–H groups in total. The first-order valence-electron chi connectivity index (χ1n) is 2.67. The minimum Gasteiger partial charge on any atom is -0.463 e. The van der Waals surface area contributed by atoms with Crippen LogP contribution in [0.4, 0.5) is 0 Å². The van der Waals surface area contributed by atoms with Gasteiger partial charge in [-0.1, -0.05) is 6.58 Å². The van der Waals surface area contributed by atoms with Crippen molar-refractivity contribution < 1.29 is 14.3 Å². The van der Waals surface area contributed by atoms with E-state index in [0.29, 0.717) is 0 Å². The predicted octanol–water partition coefficient (Wildman–Crippen LogP) is -0.538. The zero-order valence-corrected chi connectivity index (χ0v) is 5.72. The van der Waals surface area contributed by atoms with Crippen LogP contribution in [0.3, 0.4) is 0 Å². The molecule has 1 amide bonds. The summed E-state index contributed by atoms with van der Waals surface area (Å²) < 4.78 is 4.28. The number of nitrogens with one attached hydrogen (secondary N) is 1. The first-order valence-corrected chi connectivity index (χ1v) is 2.67. The van der Waals surface area contributed by atoms with Crippen LogP contribution in [0.25, 0.3) is 0 Å². The average Bonchev–Trinajstić information content (AvgIpc) is 1.98. The van der Waals surface area contributed by atoms with Crippen LogP contribution in [0.2, 0.25) is 0 Å². The van der Waals surface area contributed by atoms with Gasteiger partial charge in [-0.15, -0.1) is 0 Å². The molecule has 0 aliphatic rings. The standard InChI is InChI=1S/C6H9NO3/c1-5(3-10-4-8)6(9)7-2/h4H,1,3H2,2H3,(H,7,9). The molecule has 4 heteroatoms. The van der Waals surface area contributed by atoms with Crippen LogP contribution < -0.4 is 5.32 Å². The fourth-order valence-electron chi connectivity index (χ4n) is 0.377. The van der Waals surface area contributed by atoms with E-state index in [2.05, 4.69) is 16.6 Å². The lowest BCUT2D eigenvalue weighted by atomic mass is 10.3. The number of hydrogen-bond donors (Lipinski definition) is 1. The molecule has 0 unspecified atom stereocenters. The van der Waals surface area contributed by atoms with Crippen LogP contribution >= 0.6 is 0 Å². The van der Waals surface area contributed by atoms with E-state index in [0.717, 1.165) is 0 Å². The number of likely N-dealkylation sites (N-methyl/N-ethyl adjacent to an activating group) is 1. The fraction of sp³-hybridized carbons (Fsp3) is 0.333. The summed E-state index contributed by atoms with van der Waals surface area (Å²) in [6, 6.07) is 0. The summed E-state index contributed by atoms with van der Waals surface area (Å²) in [6.07, 6.45) is 0. The Morgan fingerprint density at radius 3 is 2.80 bits per heavy atom. The molecule has 0 spiro atoms. The number of carbonyl (C=O) groups is 2. The third-order valence-electron chi connectivity index (χ3n) is 0.874. The molecular weight excluding hydrogens is 134 g/mol. The summed E-state index contributed by atoms with van der Waals surface area (Å²) in [5.74, 6) is -0.318. The topological polar surface area (TPSA) is 55.4 Å². The van der Waals surface area contributed by atoms with Crippen LogP contribution in [0.15, 0.2) is 12.2 Å². The number of rotatable bonds is 4. The van der Waals surface area contributed by atoms with Gasteiger partial charge < -0.3 is 10.1 Å². The molecule has 0 radical (unpaired) electrons. The lowest BCUT2D eigenvalue weighted by Gasteiger charge is -2.00. The smallest absolute Gasteiger partial charge is 0.293 e. The van der Waals surface area contributed by atoms with E-state index < -0.39 is 0 Å². The van der Waals surface area contributed by atoms with E-state index in [1.54, 1.807) is 0 Å². The Labute approximate surface area is 58.9 Å². The number of amides is 1. The van der Waals surface area contributed by atoms with Gasteiger partial charge in [0.05, 0.1) is 0 Å². The molecule has 0 bridgehead atoms. The van der Waals surface area contributed by atoms with Crippen molar-refractivity contribution in [2.45, 2.75) is 0 Å². The van der Waals surface area contributed by atoms with Crippen molar-refractivity contribution in [3.63, 3.8) is 0 Å². The average molecular weight is 143 g/mol. The SMILES string of the molecule is C=C(COC=O)C(=O)NC.